The first-order chi connectivity index (χ1) is 15.1. The number of hydrazine groups is 1. The highest BCUT2D eigenvalue weighted by atomic mass is 32.2. The molecule has 0 radical (unpaired) electrons. The molecule has 0 aliphatic carbocycles. The Balaban J connectivity index is 1.87. The summed E-state index contributed by atoms with van der Waals surface area (Å²) in [6.07, 6.45) is 0. The fourth-order valence-corrected chi connectivity index (χ4v) is 6.06. The van der Waals surface area contributed by atoms with Crippen molar-refractivity contribution < 1.29 is 17.9 Å². The number of carbonyl (C=O) groups excluding carboxylic acids is 1. The predicted molar refractivity (Wildman–Crippen MR) is 127 cm³/mol. The van der Waals surface area contributed by atoms with E-state index in [0.29, 0.717) is 23.0 Å². The van der Waals surface area contributed by atoms with E-state index >= 15 is 0 Å². The fraction of sp³-hybridized carbons (Fsp3) is 0.435. The van der Waals surface area contributed by atoms with Gasteiger partial charge in [-0.15, -0.1) is 0 Å². The lowest BCUT2D eigenvalue weighted by atomic mass is 10.0. The number of benzene rings is 2. The SMILES string of the molecule is COc1ccc(N(CC(=O)Nc2ccc(C(C)C)cc2)S(=O)(=O)C2C(C)NNC2C)cc1. The van der Waals surface area contributed by atoms with E-state index in [9.17, 15) is 13.2 Å². The maximum atomic E-state index is 13.7. The Morgan fingerprint density at radius 1 is 1.03 bits per heavy atom. The van der Waals surface area contributed by atoms with Crippen LogP contribution in [0.2, 0.25) is 0 Å². The molecule has 8 nitrogen and oxygen atoms in total. The Morgan fingerprint density at radius 3 is 2.09 bits per heavy atom. The van der Waals surface area contributed by atoms with Crippen LogP contribution in [0.5, 0.6) is 5.75 Å². The van der Waals surface area contributed by atoms with Crippen molar-refractivity contribution in [3.63, 3.8) is 0 Å². The molecule has 3 N–H and O–H groups in total. The van der Waals surface area contributed by atoms with E-state index in [1.165, 1.54) is 4.31 Å². The lowest BCUT2D eigenvalue weighted by molar-refractivity contribution is -0.114. The van der Waals surface area contributed by atoms with Gasteiger partial charge in [0, 0.05) is 17.8 Å². The summed E-state index contributed by atoms with van der Waals surface area (Å²) in [6.45, 7) is 7.47. The summed E-state index contributed by atoms with van der Waals surface area (Å²) in [5.41, 5.74) is 8.15. The highest BCUT2D eigenvalue weighted by molar-refractivity contribution is 7.93. The molecule has 0 saturated carbocycles. The molecule has 2 unspecified atom stereocenters. The van der Waals surface area contributed by atoms with Crippen LogP contribution in [-0.2, 0) is 14.8 Å². The van der Waals surface area contributed by atoms with Gasteiger partial charge in [0.15, 0.2) is 0 Å². The van der Waals surface area contributed by atoms with E-state index in [-0.39, 0.29) is 18.6 Å². The second kappa shape index (κ2) is 9.89. The maximum absolute atomic E-state index is 13.7. The minimum atomic E-state index is -3.87. The Morgan fingerprint density at radius 2 is 1.59 bits per heavy atom. The van der Waals surface area contributed by atoms with Gasteiger partial charge in [-0.25, -0.2) is 8.42 Å². The van der Waals surface area contributed by atoms with Crippen molar-refractivity contribution in [2.45, 2.75) is 50.9 Å². The van der Waals surface area contributed by atoms with Crippen LogP contribution >= 0.6 is 0 Å². The average Bonchev–Trinajstić information content (AvgIpc) is 3.11. The van der Waals surface area contributed by atoms with Crippen molar-refractivity contribution in [3.8, 4) is 5.75 Å². The molecule has 2 aromatic rings. The lowest BCUT2D eigenvalue weighted by Crippen LogP contribution is -2.49. The van der Waals surface area contributed by atoms with Gasteiger partial charge in [0.05, 0.1) is 12.8 Å². The molecule has 1 aliphatic rings. The van der Waals surface area contributed by atoms with Gasteiger partial charge in [-0.05, 0) is 61.7 Å². The maximum Gasteiger partial charge on any atom is 0.245 e. The quantitative estimate of drug-likeness (QED) is 0.560. The van der Waals surface area contributed by atoms with E-state index in [1.54, 1.807) is 45.2 Å². The Hall–Kier alpha value is -2.62. The van der Waals surface area contributed by atoms with Crippen LogP contribution < -0.4 is 25.2 Å². The summed E-state index contributed by atoms with van der Waals surface area (Å²) >= 11 is 0. The number of nitrogens with zero attached hydrogens (tertiary/aromatic N) is 1. The third-order valence-electron chi connectivity index (χ3n) is 5.68. The summed E-state index contributed by atoms with van der Waals surface area (Å²) in [6, 6.07) is 13.6. The van der Waals surface area contributed by atoms with Crippen LogP contribution in [0.1, 0.15) is 39.2 Å². The van der Waals surface area contributed by atoms with Gasteiger partial charge in [0.1, 0.15) is 17.5 Å². The molecule has 2 atom stereocenters. The number of hydrogen-bond acceptors (Lipinski definition) is 6. The molecule has 1 aliphatic heterocycles. The third-order valence-corrected chi connectivity index (χ3v) is 8.14. The van der Waals surface area contributed by atoms with Crippen LogP contribution in [0.3, 0.4) is 0 Å². The molecule has 0 spiro atoms. The molecule has 1 heterocycles. The van der Waals surface area contributed by atoms with Gasteiger partial charge in [0.2, 0.25) is 15.9 Å². The first kappa shape index (κ1) is 24.0. The molecule has 0 aromatic heterocycles. The monoisotopic (exact) mass is 460 g/mol. The van der Waals surface area contributed by atoms with E-state index in [1.807, 2.05) is 24.3 Å². The molecule has 1 saturated heterocycles. The van der Waals surface area contributed by atoms with Crippen LogP contribution in [-0.4, -0.2) is 45.3 Å². The van der Waals surface area contributed by atoms with E-state index in [0.717, 1.165) is 5.56 Å². The first-order valence-electron chi connectivity index (χ1n) is 10.7. The van der Waals surface area contributed by atoms with Gasteiger partial charge >= 0.3 is 0 Å². The molecule has 1 fully saturated rings. The summed E-state index contributed by atoms with van der Waals surface area (Å²) in [7, 11) is -2.33. The number of sulfonamides is 1. The molecule has 174 valence electrons. The number of carbonyl (C=O) groups is 1. The van der Waals surface area contributed by atoms with Crippen molar-refractivity contribution in [2.24, 2.45) is 0 Å². The van der Waals surface area contributed by atoms with Gasteiger partial charge < -0.3 is 10.1 Å². The second-order valence-electron chi connectivity index (χ2n) is 8.41. The minimum absolute atomic E-state index is 0.317. The summed E-state index contributed by atoms with van der Waals surface area (Å²) in [5.74, 6) is 0.570. The molecular weight excluding hydrogens is 428 g/mol. The van der Waals surface area contributed by atoms with Crippen molar-refractivity contribution >= 4 is 27.3 Å². The zero-order chi connectivity index (χ0) is 23.5. The van der Waals surface area contributed by atoms with Crippen molar-refractivity contribution in [3.05, 3.63) is 54.1 Å². The fourth-order valence-electron chi connectivity index (χ4n) is 3.88. The number of anilines is 2. The zero-order valence-corrected chi connectivity index (χ0v) is 19.9. The Kier molecular flexibility index (Phi) is 7.43. The van der Waals surface area contributed by atoms with Crippen LogP contribution in [0.15, 0.2) is 48.5 Å². The Bertz CT molecular complexity index is 1010. The largest absolute Gasteiger partial charge is 0.497 e. The van der Waals surface area contributed by atoms with Gasteiger partial charge in [0.25, 0.3) is 0 Å². The number of hydrogen-bond donors (Lipinski definition) is 3. The van der Waals surface area contributed by atoms with Crippen molar-refractivity contribution in [1.29, 1.82) is 0 Å². The number of nitrogens with one attached hydrogen (secondary N) is 3. The molecule has 3 rings (SSSR count). The summed E-state index contributed by atoms with van der Waals surface area (Å²) < 4.78 is 33.7. The summed E-state index contributed by atoms with van der Waals surface area (Å²) in [4.78, 5) is 12.9. The highest BCUT2D eigenvalue weighted by Crippen LogP contribution is 2.27. The van der Waals surface area contributed by atoms with E-state index in [2.05, 4.69) is 30.0 Å². The summed E-state index contributed by atoms with van der Waals surface area (Å²) in [5, 5.41) is 2.08. The molecule has 9 heteroatoms. The second-order valence-corrected chi connectivity index (χ2v) is 10.4. The lowest BCUT2D eigenvalue weighted by Gasteiger charge is -2.30. The van der Waals surface area contributed by atoms with E-state index < -0.39 is 21.2 Å². The minimum Gasteiger partial charge on any atom is -0.497 e. The number of amides is 1. The number of rotatable bonds is 8. The van der Waals surface area contributed by atoms with Gasteiger partial charge in [-0.2, -0.15) is 0 Å². The van der Waals surface area contributed by atoms with Crippen LogP contribution in [0.4, 0.5) is 11.4 Å². The Labute approximate surface area is 190 Å². The number of methoxy groups -OCH3 is 1. The predicted octanol–water partition coefficient (Wildman–Crippen LogP) is 2.85. The zero-order valence-electron chi connectivity index (χ0n) is 19.1. The van der Waals surface area contributed by atoms with Crippen LogP contribution in [0.25, 0.3) is 0 Å². The smallest absolute Gasteiger partial charge is 0.245 e. The standard InChI is InChI=1S/C23H32N4O4S/c1-15(2)18-6-8-19(9-7-18)24-22(28)14-27(20-10-12-21(31-5)13-11-20)32(29,30)23-16(3)25-26-17(23)4/h6-13,15-17,23,25-26H,14H2,1-5H3,(H,24,28). The van der Waals surface area contributed by atoms with Crippen molar-refractivity contribution in [2.75, 3.05) is 23.3 Å². The average molecular weight is 461 g/mol. The topological polar surface area (TPSA) is 99.8 Å². The van der Waals surface area contributed by atoms with Crippen molar-refractivity contribution in [1.82, 2.24) is 10.9 Å². The highest BCUT2D eigenvalue weighted by Gasteiger charge is 2.44. The van der Waals surface area contributed by atoms with Gasteiger partial charge in [-0.3, -0.25) is 20.0 Å². The molecule has 2 aromatic carbocycles. The molecule has 32 heavy (non-hydrogen) atoms. The normalized spacial score (nSPS) is 20.9. The van der Waals surface area contributed by atoms with Crippen LogP contribution in [0, 0.1) is 0 Å². The van der Waals surface area contributed by atoms with Gasteiger partial charge in [-0.1, -0.05) is 26.0 Å². The third kappa shape index (κ3) is 5.23. The first-order valence-corrected chi connectivity index (χ1v) is 12.2. The van der Waals surface area contributed by atoms with E-state index in [4.69, 9.17) is 4.74 Å². The molecular formula is C23H32N4O4S. The molecule has 1 amide bonds. The number of ether oxygens (including phenoxy) is 1. The molecule has 0 bridgehead atoms.